The summed E-state index contributed by atoms with van der Waals surface area (Å²) in [7, 11) is 0. The van der Waals surface area contributed by atoms with Crippen molar-refractivity contribution in [2.45, 2.75) is 56.9 Å². The van der Waals surface area contributed by atoms with Crippen molar-refractivity contribution in [2.24, 2.45) is 0 Å². The van der Waals surface area contributed by atoms with E-state index in [1.54, 1.807) is 0 Å². The van der Waals surface area contributed by atoms with Gasteiger partial charge in [0, 0.05) is 19.5 Å². The Hall–Kier alpha value is -1.84. The summed E-state index contributed by atoms with van der Waals surface area (Å²) in [6.07, 6.45) is 7.06. The number of amides is 2. The number of piperidine rings is 1. The van der Waals surface area contributed by atoms with Crippen LogP contribution in [0.5, 0.6) is 0 Å². The van der Waals surface area contributed by atoms with Gasteiger partial charge in [0.1, 0.15) is 5.54 Å². The number of unbranched alkanes of at least 4 members (excludes halogenated alkanes) is 1. The first-order chi connectivity index (χ1) is 11.2. The lowest BCUT2D eigenvalue weighted by Gasteiger charge is -2.40. The summed E-state index contributed by atoms with van der Waals surface area (Å²) in [6, 6.07) is 10.4. The Labute approximate surface area is 138 Å². The molecule has 1 atom stereocenters. The summed E-state index contributed by atoms with van der Waals surface area (Å²) in [5, 5.41) is 2.96. The lowest BCUT2D eigenvalue weighted by molar-refractivity contribution is -0.147. The Morgan fingerprint density at radius 1 is 1.13 bits per heavy atom. The Morgan fingerprint density at radius 3 is 2.70 bits per heavy atom. The number of hydrogen-bond acceptors (Lipinski definition) is 2. The Balaban J connectivity index is 1.50. The molecule has 2 aliphatic rings. The lowest BCUT2D eigenvalue weighted by Crippen LogP contribution is -2.60. The molecule has 1 N–H and O–H groups in total. The van der Waals surface area contributed by atoms with Crippen molar-refractivity contribution in [2.75, 3.05) is 13.1 Å². The Bertz CT molecular complexity index is 558. The average molecular weight is 314 g/mol. The zero-order chi connectivity index (χ0) is 16.1. The number of aryl methyl sites for hydroxylation is 1. The first-order valence-corrected chi connectivity index (χ1v) is 8.85. The molecule has 1 unspecified atom stereocenters. The topological polar surface area (TPSA) is 49.4 Å². The van der Waals surface area contributed by atoms with Gasteiger partial charge in [-0.05, 0) is 50.5 Å². The number of rotatable bonds is 5. The maximum Gasteiger partial charge on any atom is 0.245 e. The fourth-order valence-corrected chi connectivity index (χ4v) is 3.98. The van der Waals surface area contributed by atoms with Gasteiger partial charge < -0.3 is 10.2 Å². The largest absolute Gasteiger partial charge is 0.354 e. The summed E-state index contributed by atoms with van der Waals surface area (Å²) in [5.41, 5.74) is 0.790. The molecular weight excluding hydrogens is 288 g/mol. The predicted octanol–water partition coefficient (Wildman–Crippen LogP) is 2.67. The molecule has 2 fully saturated rings. The van der Waals surface area contributed by atoms with Gasteiger partial charge in [0.15, 0.2) is 0 Å². The number of carbonyl (C=O) groups is 2. The molecule has 0 aromatic heterocycles. The second-order valence-corrected chi connectivity index (χ2v) is 6.73. The van der Waals surface area contributed by atoms with Gasteiger partial charge in [-0.25, -0.2) is 0 Å². The van der Waals surface area contributed by atoms with Crippen LogP contribution in [0.1, 0.15) is 50.5 Å². The number of hydrogen-bond donors (Lipinski definition) is 1. The van der Waals surface area contributed by atoms with Crippen molar-refractivity contribution in [3.8, 4) is 0 Å². The van der Waals surface area contributed by atoms with Crippen LogP contribution in [0.2, 0.25) is 0 Å². The van der Waals surface area contributed by atoms with E-state index in [0.29, 0.717) is 6.42 Å². The van der Waals surface area contributed by atoms with E-state index in [1.807, 2.05) is 11.0 Å². The number of nitrogens with one attached hydrogen (secondary N) is 1. The van der Waals surface area contributed by atoms with Crippen molar-refractivity contribution >= 4 is 11.8 Å². The smallest absolute Gasteiger partial charge is 0.245 e. The quantitative estimate of drug-likeness (QED) is 0.850. The highest BCUT2D eigenvalue weighted by Crippen LogP contribution is 2.36. The predicted molar refractivity (Wildman–Crippen MR) is 89.9 cm³/mol. The van der Waals surface area contributed by atoms with Crippen molar-refractivity contribution < 1.29 is 9.59 Å². The van der Waals surface area contributed by atoms with Crippen molar-refractivity contribution in [1.29, 1.82) is 0 Å². The van der Waals surface area contributed by atoms with Crippen LogP contribution in [0.4, 0.5) is 0 Å². The van der Waals surface area contributed by atoms with Gasteiger partial charge in [0.2, 0.25) is 11.8 Å². The third kappa shape index (κ3) is 3.41. The highest BCUT2D eigenvalue weighted by atomic mass is 16.2. The van der Waals surface area contributed by atoms with E-state index in [-0.39, 0.29) is 11.8 Å². The van der Waals surface area contributed by atoms with Crippen LogP contribution >= 0.6 is 0 Å². The van der Waals surface area contributed by atoms with Crippen LogP contribution in [-0.2, 0) is 16.0 Å². The summed E-state index contributed by atoms with van der Waals surface area (Å²) in [6.45, 7) is 1.49. The van der Waals surface area contributed by atoms with E-state index in [4.69, 9.17) is 0 Å². The van der Waals surface area contributed by atoms with Gasteiger partial charge in [0.05, 0.1) is 0 Å². The fourth-order valence-electron chi connectivity index (χ4n) is 3.98. The molecule has 4 heteroatoms. The molecule has 0 radical (unpaired) electrons. The minimum Gasteiger partial charge on any atom is -0.354 e. The molecule has 1 spiro atoms. The van der Waals surface area contributed by atoms with Crippen molar-refractivity contribution in [1.82, 2.24) is 10.2 Å². The van der Waals surface area contributed by atoms with Gasteiger partial charge in [-0.15, -0.1) is 0 Å². The van der Waals surface area contributed by atoms with Crippen molar-refractivity contribution in [3.05, 3.63) is 35.9 Å². The first kappa shape index (κ1) is 16.0. The van der Waals surface area contributed by atoms with Crippen LogP contribution in [0.15, 0.2) is 30.3 Å². The molecule has 23 heavy (non-hydrogen) atoms. The molecule has 0 bridgehead atoms. The minimum atomic E-state index is -0.533. The van der Waals surface area contributed by atoms with Gasteiger partial charge in [-0.1, -0.05) is 30.3 Å². The van der Waals surface area contributed by atoms with Gasteiger partial charge in [-0.2, -0.15) is 0 Å². The minimum absolute atomic E-state index is 0.0684. The summed E-state index contributed by atoms with van der Waals surface area (Å²) >= 11 is 0. The molecule has 4 nitrogen and oxygen atoms in total. The van der Waals surface area contributed by atoms with E-state index in [9.17, 15) is 9.59 Å². The highest BCUT2D eigenvalue weighted by molar-refractivity contribution is 5.92. The molecule has 2 aliphatic heterocycles. The number of carbonyl (C=O) groups excluding carboxylic acids is 2. The maximum absolute atomic E-state index is 12.6. The molecule has 3 rings (SSSR count). The molecule has 0 saturated carbocycles. The number of nitrogens with zero attached hydrogens (tertiary/aromatic N) is 1. The van der Waals surface area contributed by atoms with Crippen molar-refractivity contribution in [3.63, 3.8) is 0 Å². The van der Waals surface area contributed by atoms with E-state index in [2.05, 4.69) is 29.6 Å². The number of likely N-dealkylation sites (tertiary alicyclic amines) is 1. The average Bonchev–Trinajstić information content (AvgIpc) is 3.00. The molecule has 2 saturated heterocycles. The Kier molecular flexibility index (Phi) is 4.99. The van der Waals surface area contributed by atoms with Crippen LogP contribution in [0.3, 0.4) is 0 Å². The summed E-state index contributed by atoms with van der Waals surface area (Å²) in [5.74, 6) is 0.228. The first-order valence-electron chi connectivity index (χ1n) is 8.85. The van der Waals surface area contributed by atoms with Gasteiger partial charge >= 0.3 is 0 Å². The van der Waals surface area contributed by atoms with E-state index >= 15 is 0 Å². The molecular formula is C19H26N2O2. The van der Waals surface area contributed by atoms with Gasteiger partial charge in [-0.3, -0.25) is 9.59 Å². The molecule has 0 aliphatic carbocycles. The molecule has 124 valence electrons. The zero-order valence-corrected chi connectivity index (χ0v) is 13.7. The van der Waals surface area contributed by atoms with Crippen LogP contribution in [0.25, 0.3) is 0 Å². The second kappa shape index (κ2) is 7.16. The third-order valence-corrected chi connectivity index (χ3v) is 5.21. The lowest BCUT2D eigenvalue weighted by atomic mass is 9.86. The standard InChI is InChI=1S/C19H26N2O2/c22-17(11-5-4-10-16-8-2-1-3-9-16)21-15-7-13-19(21)12-6-14-20-18(19)23/h1-3,8-9H,4-7,10-15H2,(H,20,23). The molecule has 1 aromatic carbocycles. The SMILES string of the molecule is O=C(CCCCc1ccccc1)N1CCCC12CCCNC2=O. The van der Waals surface area contributed by atoms with Crippen LogP contribution in [-0.4, -0.2) is 35.3 Å². The zero-order valence-electron chi connectivity index (χ0n) is 13.7. The van der Waals surface area contributed by atoms with E-state index in [1.165, 1.54) is 5.56 Å². The fraction of sp³-hybridized carbons (Fsp3) is 0.579. The normalized spacial score (nSPS) is 24.0. The van der Waals surface area contributed by atoms with Gasteiger partial charge in [0.25, 0.3) is 0 Å². The molecule has 1 aromatic rings. The summed E-state index contributed by atoms with van der Waals surface area (Å²) < 4.78 is 0. The monoisotopic (exact) mass is 314 g/mol. The van der Waals surface area contributed by atoms with Crippen LogP contribution in [0, 0.1) is 0 Å². The second-order valence-electron chi connectivity index (χ2n) is 6.73. The Morgan fingerprint density at radius 2 is 1.91 bits per heavy atom. The molecule has 2 amide bonds. The summed E-state index contributed by atoms with van der Waals surface area (Å²) in [4.78, 5) is 26.8. The van der Waals surface area contributed by atoms with E-state index < -0.39 is 5.54 Å². The highest BCUT2D eigenvalue weighted by Gasteiger charge is 2.49. The maximum atomic E-state index is 12.6. The molecule has 2 heterocycles. The third-order valence-electron chi connectivity index (χ3n) is 5.21. The van der Waals surface area contributed by atoms with Crippen LogP contribution < -0.4 is 5.32 Å². The number of benzene rings is 1. The van der Waals surface area contributed by atoms with E-state index in [0.717, 1.165) is 58.0 Å².